The highest BCUT2D eigenvalue weighted by atomic mass is 16.3. The van der Waals surface area contributed by atoms with Gasteiger partial charge in [0.2, 0.25) is 0 Å². The van der Waals surface area contributed by atoms with Crippen molar-refractivity contribution in [1.82, 2.24) is 0 Å². The summed E-state index contributed by atoms with van der Waals surface area (Å²) in [6.07, 6.45) is 1.59. The van der Waals surface area contributed by atoms with Gasteiger partial charge >= 0.3 is 0 Å². The molecule has 0 saturated carbocycles. The first kappa shape index (κ1) is 16.2. The molecule has 0 aliphatic carbocycles. The van der Waals surface area contributed by atoms with Gasteiger partial charge in [0, 0.05) is 0 Å². The van der Waals surface area contributed by atoms with E-state index in [1.54, 1.807) is 0 Å². The van der Waals surface area contributed by atoms with Gasteiger partial charge < -0.3 is 5.11 Å². The predicted octanol–water partition coefficient (Wildman–Crippen LogP) is 4.99. The zero-order valence-electron chi connectivity index (χ0n) is 13.4. The van der Waals surface area contributed by atoms with Crippen molar-refractivity contribution in [2.45, 2.75) is 60.5 Å². The second kappa shape index (κ2) is 6.56. The largest absolute Gasteiger partial charge is 0.388 e. The Bertz CT molecular complexity index is 370. The first-order valence-corrected chi connectivity index (χ1v) is 7.47. The number of hydrogen-bond donors (Lipinski definition) is 1. The van der Waals surface area contributed by atoms with E-state index in [-0.39, 0.29) is 11.5 Å². The summed E-state index contributed by atoms with van der Waals surface area (Å²) in [5, 5.41) is 10.3. The fourth-order valence-electron chi connectivity index (χ4n) is 2.17. The summed E-state index contributed by atoms with van der Waals surface area (Å²) < 4.78 is 0. The number of benzene rings is 1. The van der Waals surface area contributed by atoms with E-state index in [0.29, 0.717) is 11.8 Å². The highest BCUT2D eigenvalue weighted by Gasteiger charge is 2.23. The Hall–Kier alpha value is -0.820. The molecule has 2 unspecified atom stereocenters. The van der Waals surface area contributed by atoms with E-state index in [9.17, 15) is 5.11 Å². The third-order valence-corrected chi connectivity index (χ3v) is 4.06. The van der Waals surface area contributed by atoms with Gasteiger partial charge in [-0.2, -0.15) is 0 Å². The third-order valence-electron chi connectivity index (χ3n) is 4.06. The molecule has 1 heteroatoms. The van der Waals surface area contributed by atoms with E-state index < -0.39 is 0 Å². The Morgan fingerprint density at radius 2 is 1.53 bits per heavy atom. The molecule has 0 aromatic heterocycles. The van der Waals surface area contributed by atoms with Gasteiger partial charge in [0.25, 0.3) is 0 Å². The van der Waals surface area contributed by atoms with Crippen LogP contribution in [0.1, 0.15) is 65.2 Å². The summed E-state index contributed by atoms with van der Waals surface area (Å²) in [7, 11) is 0. The van der Waals surface area contributed by atoms with Gasteiger partial charge in [-0.15, -0.1) is 0 Å². The summed E-state index contributed by atoms with van der Waals surface area (Å²) in [6, 6.07) is 8.47. The molecule has 0 aliphatic heterocycles. The summed E-state index contributed by atoms with van der Waals surface area (Å²) in [5.41, 5.74) is 2.65. The molecule has 108 valence electrons. The van der Waals surface area contributed by atoms with E-state index in [4.69, 9.17) is 0 Å². The van der Waals surface area contributed by atoms with Crippen LogP contribution in [0.3, 0.4) is 0 Å². The maximum Gasteiger partial charge on any atom is 0.0792 e. The van der Waals surface area contributed by atoms with Gasteiger partial charge in [0.15, 0.2) is 0 Å². The Labute approximate surface area is 119 Å². The van der Waals surface area contributed by atoms with Crippen molar-refractivity contribution in [3.8, 4) is 0 Å². The molecule has 0 fully saturated rings. The number of hydrogen-bond acceptors (Lipinski definition) is 1. The first-order valence-electron chi connectivity index (χ1n) is 7.47. The molecule has 1 aromatic rings. The standard InChI is InChI=1S/C18H30O/c1-13(2)11-15-7-9-16(10-8-15)17(19)12-14(3)18(4,5)6/h7-10,13-14,17,19H,11-12H2,1-6H3. The van der Waals surface area contributed by atoms with Gasteiger partial charge in [0.05, 0.1) is 6.10 Å². The first-order chi connectivity index (χ1) is 8.70. The number of rotatable bonds is 5. The van der Waals surface area contributed by atoms with Crippen molar-refractivity contribution in [3.05, 3.63) is 35.4 Å². The summed E-state index contributed by atoms with van der Waals surface area (Å²) in [5.74, 6) is 1.18. The van der Waals surface area contributed by atoms with Gasteiger partial charge in [-0.1, -0.05) is 65.8 Å². The molecule has 0 bridgehead atoms. The molecular weight excluding hydrogens is 232 g/mol. The second-order valence-electron chi connectivity index (χ2n) is 7.36. The summed E-state index contributed by atoms with van der Waals surface area (Å²) in [6.45, 7) is 13.4. The van der Waals surface area contributed by atoms with E-state index in [2.05, 4.69) is 65.8 Å². The smallest absolute Gasteiger partial charge is 0.0792 e. The molecule has 1 N–H and O–H groups in total. The van der Waals surface area contributed by atoms with Crippen LogP contribution in [-0.2, 0) is 6.42 Å². The van der Waals surface area contributed by atoms with E-state index in [1.165, 1.54) is 5.56 Å². The van der Waals surface area contributed by atoms with Crippen LogP contribution in [0.15, 0.2) is 24.3 Å². The van der Waals surface area contributed by atoms with Crippen LogP contribution >= 0.6 is 0 Å². The maximum atomic E-state index is 10.3. The molecule has 0 spiro atoms. The Morgan fingerprint density at radius 3 is 1.95 bits per heavy atom. The lowest BCUT2D eigenvalue weighted by atomic mass is 9.78. The van der Waals surface area contributed by atoms with Crippen molar-refractivity contribution in [1.29, 1.82) is 0 Å². The molecule has 0 radical (unpaired) electrons. The Kier molecular flexibility index (Phi) is 5.61. The molecule has 0 aliphatic rings. The average Bonchev–Trinajstić information content (AvgIpc) is 2.27. The highest BCUT2D eigenvalue weighted by molar-refractivity contribution is 5.24. The molecular formula is C18H30O. The minimum absolute atomic E-state index is 0.249. The highest BCUT2D eigenvalue weighted by Crippen LogP contribution is 2.33. The summed E-state index contributed by atoms with van der Waals surface area (Å²) in [4.78, 5) is 0. The Morgan fingerprint density at radius 1 is 1.00 bits per heavy atom. The normalized spacial score (nSPS) is 15.6. The van der Waals surface area contributed by atoms with E-state index in [0.717, 1.165) is 18.4 Å². The SMILES string of the molecule is CC(C)Cc1ccc(C(O)CC(C)C(C)(C)C)cc1. The average molecular weight is 262 g/mol. The molecule has 1 rings (SSSR count). The third kappa shape index (κ3) is 5.36. The van der Waals surface area contributed by atoms with Crippen molar-refractivity contribution >= 4 is 0 Å². The Balaban J connectivity index is 2.65. The topological polar surface area (TPSA) is 20.2 Å². The van der Waals surface area contributed by atoms with Crippen molar-refractivity contribution < 1.29 is 5.11 Å². The molecule has 0 saturated heterocycles. The molecule has 1 nitrogen and oxygen atoms in total. The van der Waals surface area contributed by atoms with Crippen LogP contribution in [0.4, 0.5) is 0 Å². The molecule has 2 atom stereocenters. The zero-order valence-corrected chi connectivity index (χ0v) is 13.4. The fraction of sp³-hybridized carbons (Fsp3) is 0.667. The zero-order chi connectivity index (χ0) is 14.6. The minimum Gasteiger partial charge on any atom is -0.388 e. The van der Waals surface area contributed by atoms with Gasteiger partial charge in [-0.3, -0.25) is 0 Å². The molecule has 0 heterocycles. The van der Waals surface area contributed by atoms with E-state index in [1.807, 2.05) is 0 Å². The van der Waals surface area contributed by atoms with Crippen LogP contribution in [0, 0.1) is 17.3 Å². The number of aliphatic hydroxyl groups excluding tert-OH is 1. The molecule has 19 heavy (non-hydrogen) atoms. The van der Waals surface area contributed by atoms with Crippen LogP contribution in [0.5, 0.6) is 0 Å². The van der Waals surface area contributed by atoms with Crippen LogP contribution in [-0.4, -0.2) is 5.11 Å². The van der Waals surface area contributed by atoms with Crippen molar-refractivity contribution in [3.63, 3.8) is 0 Å². The second-order valence-corrected chi connectivity index (χ2v) is 7.36. The lowest BCUT2D eigenvalue weighted by Crippen LogP contribution is -2.19. The number of aliphatic hydroxyl groups is 1. The quantitative estimate of drug-likeness (QED) is 0.792. The molecule has 0 amide bonds. The lowest BCUT2D eigenvalue weighted by molar-refractivity contribution is 0.111. The minimum atomic E-state index is -0.345. The van der Waals surface area contributed by atoms with Crippen molar-refractivity contribution in [2.24, 2.45) is 17.3 Å². The van der Waals surface area contributed by atoms with Gasteiger partial charge in [0.1, 0.15) is 0 Å². The molecule has 1 aromatic carbocycles. The summed E-state index contributed by atoms with van der Waals surface area (Å²) >= 11 is 0. The predicted molar refractivity (Wildman–Crippen MR) is 83.2 cm³/mol. The van der Waals surface area contributed by atoms with Crippen LogP contribution < -0.4 is 0 Å². The lowest BCUT2D eigenvalue weighted by Gasteiger charge is -2.29. The maximum absolute atomic E-state index is 10.3. The van der Waals surface area contributed by atoms with E-state index >= 15 is 0 Å². The monoisotopic (exact) mass is 262 g/mol. The fourth-order valence-corrected chi connectivity index (χ4v) is 2.17. The van der Waals surface area contributed by atoms with Crippen LogP contribution in [0.25, 0.3) is 0 Å². The van der Waals surface area contributed by atoms with Crippen LogP contribution in [0.2, 0.25) is 0 Å². The van der Waals surface area contributed by atoms with Gasteiger partial charge in [-0.25, -0.2) is 0 Å². The van der Waals surface area contributed by atoms with Crippen molar-refractivity contribution in [2.75, 3.05) is 0 Å². The van der Waals surface area contributed by atoms with Gasteiger partial charge in [-0.05, 0) is 41.2 Å².